The third kappa shape index (κ3) is 2.99. The summed E-state index contributed by atoms with van der Waals surface area (Å²) in [5.41, 5.74) is 3.18. The van der Waals surface area contributed by atoms with Crippen molar-refractivity contribution in [2.24, 2.45) is 5.92 Å². The van der Waals surface area contributed by atoms with Crippen LogP contribution in [0.5, 0.6) is 11.5 Å². The van der Waals surface area contributed by atoms with Crippen molar-refractivity contribution >= 4 is 11.9 Å². The number of ketones is 1. The molecular weight excluding hydrogens is 328 g/mol. The number of benzene rings is 1. The second-order valence-corrected chi connectivity index (χ2v) is 7.25. The summed E-state index contributed by atoms with van der Waals surface area (Å²) in [4.78, 5) is 19.4. The number of fused-ring (bicyclic) bond motifs is 3. The number of carbonyl (C=O) groups is 1. The number of hydrogen-bond acceptors (Lipinski definition) is 5. The van der Waals surface area contributed by atoms with Crippen LogP contribution in [0.2, 0.25) is 0 Å². The SMILES string of the molecule is Cc1cc2c(c3c1C(=O)/C(=C/c1ccccn1)O3)CN(CC(C)C)CO2. The largest absolute Gasteiger partial charge is 0.478 e. The molecule has 4 rings (SSSR count). The zero-order chi connectivity index (χ0) is 18.3. The van der Waals surface area contributed by atoms with Crippen LogP contribution in [-0.2, 0) is 6.54 Å². The Kier molecular flexibility index (Phi) is 4.24. The number of allylic oxidation sites excluding steroid dienone is 1. The minimum absolute atomic E-state index is 0.0908. The lowest BCUT2D eigenvalue weighted by Gasteiger charge is -2.31. The molecule has 0 fully saturated rings. The van der Waals surface area contributed by atoms with Crippen LogP contribution < -0.4 is 9.47 Å². The van der Waals surface area contributed by atoms with Crippen molar-refractivity contribution < 1.29 is 14.3 Å². The Balaban J connectivity index is 1.72. The number of ether oxygens (including phenoxy) is 2. The number of aromatic nitrogens is 1. The molecule has 5 heteroatoms. The smallest absolute Gasteiger partial charge is 0.232 e. The minimum Gasteiger partial charge on any atom is -0.478 e. The summed E-state index contributed by atoms with van der Waals surface area (Å²) in [6, 6.07) is 7.53. The topological polar surface area (TPSA) is 51.7 Å². The van der Waals surface area contributed by atoms with E-state index in [1.165, 1.54) is 0 Å². The number of pyridine rings is 1. The molecule has 0 aliphatic carbocycles. The highest BCUT2D eigenvalue weighted by molar-refractivity contribution is 6.15. The van der Waals surface area contributed by atoms with Crippen molar-refractivity contribution in [3.63, 3.8) is 0 Å². The maximum atomic E-state index is 12.9. The molecular formula is C21H22N2O3. The molecule has 134 valence electrons. The van der Waals surface area contributed by atoms with Crippen LogP contribution in [0.4, 0.5) is 0 Å². The molecule has 0 atom stereocenters. The van der Waals surface area contributed by atoms with Crippen LogP contribution in [-0.4, -0.2) is 28.9 Å². The van der Waals surface area contributed by atoms with Gasteiger partial charge in [-0.2, -0.15) is 0 Å². The van der Waals surface area contributed by atoms with Gasteiger partial charge in [-0.25, -0.2) is 0 Å². The molecule has 5 nitrogen and oxygen atoms in total. The number of aryl methyl sites for hydroxylation is 1. The van der Waals surface area contributed by atoms with Crippen LogP contribution in [0.25, 0.3) is 6.08 Å². The molecule has 0 saturated carbocycles. The summed E-state index contributed by atoms with van der Waals surface area (Å²) in [5.74, 6) is 2.22. The van der Waals surface area contributed by atoms with Gasteiger partial charge in [-0.1, -0.05) is 19.9 Å². The molecule has 0 unspecified atom stereocenters. The summed E-state index contributed by atoms with van der Waals surface area (Å²) in [6.07, 6.45) is 3.40. The third-order valence-electron chi connectivity index (χ3n) is 4.58. The van der Waals surface area contributed by atoms with Crippen molar-refractivity contribution in [3.8, 4) is 11.5 Å². The average Bonchev–Trinajstić information content (AvgIpc) is 2.93. The van der Waals surface area contributed by atoms with Crippen LogP contribution in [0.3, 0.4) is 0 Å². The highest BCUT2D eigenvalue weighted by Crippen LogP contribution is 2.44. The predicted molar refractivity (Wildman–Crippen MR) is 99.1 cm³/mol. The van der Waals surface area contributed by atoms with Gasteiger partial charge in [0.25, 0.3) is 0 Å². The third-order valence-corrected chi connectivity index (χ3v) is 4.58. The van der Waals surface area contributed by atoms with E-state index in [1.54, 1.807) is 12.3 Å². The van der Waals surface area contributed by atoms with E-state index in [0.717, 1.165) is 30.0 Å². The quantitative estimate of drug-likeness (QED) is 0.788. The van der Waals surface area contributed by atoms with Gasteiger partial charge < -0.3 is 9.47 Å². The van der Waals surface area contributed by atoms with Gasteiger partial charge >= 0.3 is 0 Å². The van der Waals surface area contributed by atoms with Gasteiger partial charge in [-0.3, -0.25) is 14.7 Å². The normalized spacial score (nSPS) is 17.8. The molecule has 26 heavy (non-hydrogen) atoms. The van der Waals surface area contributed by atoms with Crippen molar-refractivity contribution in [3.05, 3.63) is 58.6 Å². The van der Waals surface area contributed by atoms with Gasteiger partial charge in [0.05, 0.1) is 16.8 Å². The molecule has 2 aliphatic rings. The fourth-order valence-corrected chi connectivity index (χ4v) is 3.51. The molecule has 1 aromatic heterocycles. The van der Waals surface area contributed by atoms with Crippen molar-refractivity contribution in [1.82, 2.24) is 9.88 Å². The van der Waals surface area contributed by atoms with Crippen molar-refractivity contribution in [2.75, 3.05) is 13.3 Å². The Hall–Kier alpha value is -2.66. The highest BCUT2D eigenvalue weighted by Gasteiger charge is 2.35. The van der Waals surface area contributed by atoms with Gasteiger partial charge in [0.15, 0.2) is 5.76 Å². The Bertz CT molecular complexity index is 888. The second-order valence-electron chi connectivity index (χ2n) is 7.25. The second kappa shape index (κ2) is 6.57. The zero-order valence-corrected chi connectivity index (χ0v) is 15.3. The van der Waals surface area contributed by atoms with Crippen molar-refractivity contribution in [1.29, 1.82) is 0 Å². The van der Waals surface area contributed by atoms with E-state index in [9.17, 15) is 4.79 Å². The number of Topliss-reactive ketones (excluding diaryl/α,β-unsaturated/α-hetero) is 1. The fraction of sp³-hybridized carbons (Fsp3) is 0.333. The van der Waals surface area contributed by atoms with E-state index in [0.29, 0.717) is 35.4 Å². The van der Waals surface area contributed by atoms with Crippen LogP contribution in [0.1, 0.15) is 41.0 Å². The minimum atomic E-state index is -0.0908. The molecule has 2 aromatic rings. The van der Waals surface area contributed by atoms with Gasteiger partial charge in [0.2, 0.25) is 5.78 Å². The van der Waals surface area contributed by atoms with E-state index in [1.807, 2.05) is 31.2 Å². The molecule has 1 aromatic carbocycles. The van der Waals surface area contributed by atoms with E-state index >= 15 is 0 Å². The monoisotopic (exact) mass is 350 g/mol. The summed E-state index contributed by atoms with van der Waals surface area (Å²) >= 11 is 0. The first-order valence-electron chi connectivity index (χ1n) is 8.90. The first kappa shape index (κ1) is 16.8. The number of hydrogen-bond donors (Lipinski definition) is 0. The highest BCUT2D eigenvalue weighted by atomic mass is 16.5. The molecule has 0 N–H and O–H groups in total. The lowest BCUT2D eigenvalue weighted by Crippen LogP contribution is -2.35. The first-order valence-corrected chi connectivity index (χ1v) is 8.90. The molecule has 3 heterocycles. The summed E-state index contributed by atoms with van der Waals surface area (Å²) in [5, 5.41) is 0. The number of nitrogens with zero attached hydrogens (tertiary/aromatic N) is 2. The number of rotatable bonds is 3. The predicted octanol–water partition coefficient (Wildman–Crippen LogP) is 3.81. The fourth-order valence-electron chi connectivity index (χ4n) is 3.51. The molecule has 0 bridgehead atoms. The zero-order valence-electron chi connectivity index (χ0n) is 15.3. The lowest BCUT2D eigenvalue weighted by molar-refractivity contribution is 0.0831. The molecule has 0 amide bonds. The summed E-state index contributed by atoms with van der Waals surface area (Å²) < 4.78 is 12.0. The van der Waals surface area contributed by atoms with E-state index in [-0.39, 0.29) is 5.78 Å². The van der Waals surface area contributed by atoms with Gasteiger partial charge in [-0.15, -0.1) is 0 Å². The maximum absolute atomic E-state index is 12.9. The lowest BCUT2D eigenvalue weighted by atomic mass is 9.98. The standard InChI is InChI=1S/C21H22N2O3/c1-13(2)10-23-11-16-17(25-12-23)8-14(3)19-20(24)18(26-21(16)19)9-15-6-4-5-7-22-15/h4-9,13H,10-12H2,1-3H3/b18-9-. The van der Waals surface area contributed by atoms with E-state index < -0.39 is 0 Å². The van der Waals surface area contributed by atoms with Gasteiger partial charge in [0, 0.05) is 25.4 Å². The van der Waals surface area contributed by atoms with Gasteiger partial charge in [0.1, 0.15) is 18.2 Å². The van der Waals surface area contributed by atoms with Crippen molar-refractivity contribution in [2.45, 2.75) is 27.3 Å². The summed E-state index contributed by atoms with van der Waals surface area (Å²) in [6.45, 7) is 8.51. The van der Waals surface area contributed by atoms with Crippen LogP contribution in [0, 0.1) is 12.8 Å². The molecule has 0 radical (unpaired) electrons. The van der Waals surface area contributed by atoms with Gasteiger partial charge in [-0.05, 0) is 36.6 Å². The average molecular weight is 350 g/mol. The Morgan fingerprint density at radius 1 is 1.35 bits per heavy atom. The Morgan fingerprint density at radius 2 is 2.19 bits per heavy atom. The Labute approximate surface area is 153 Å². The maximum Gasteiger partial charge on any atom is 0.232 e. The number of carbonyl (C=O) groups excluding carboxylic acids is 1. The van der Waals surface area contributed by atoms with E-state index in [2.05, 4.69) is 23.7 Å². The van der Waals surface area contributed by atoms with E-state index in [4.69, 9.17) is 9.47 Å². The molecule has 2 aliphatic heterocycles. The van der Waals surface area contributed by atoms with Crippen LogP contribution in [0.15, 0.2) is 36.2 Å². The molecule has 0 saturated heterocycles. The molecule has 0 spiro atoms. The Morgan fingerprint density at radius 3 is 2.92 bits per heavy atom. The first-order chi connectivity index (χ1) is 12.5. The van der Waals surface area contributed by atoms with Crippen LogP contribution >= 0.6 is 0 Å². The summed E-state index contributed by atoms with van der Waals surface area (Å²) in [7, 11) is 0.